The average molecular weight is 336 g/mol. The van der Waals surface area contributed by atoms with E-state index < -0.39 is 10.0 Å². The first-order valence-electron chi connectivity index (χ1n) is 7.51. The molecule has 2 heterocycles. The van der Waals surface area contributed by atoms with Crippen LogP contribution in [0, 0.1) is 0 Å². The fourth-order valence-electron chi connectivity index (χ4n) is 2.84. The number of nitrogens with one attached hydrogen (secondary N) is 1. The van der Waals surface area contributed by atoms with Crippen LogP contribution >= 0.6 is 0 Å². The maximum atomic E-state index is 12.2. The molecule has 2 aromatic rings. The average Bonchev–Trinajstić information content (AvgIpc) is 3.03. The van der Waals surface area contributed by atoms with E-state index in [0.29, 0.717) is 30.4 Å². The van der Waals surface area contributed by atoms with Gasteiger partial charge in [0.2, 0.25) is 16.0 Å². The topological polar surface area (TPSA) is 93.0 Å². The predicted molar refractivity (Wildman–Crippen MR) is 85.6 cm³/mol. The highest BCUT2D eigenvalue weighted by Crippen LogP contribution is 2.28. The summed E-state index contributed by atoms with van der Waals surface area (Å²) in [5, 5.41) is 11.9. The first-order valence-corrected chi connectivity index (χ1v) is 8.99. The van der Waals surface area contributed by atoms with E-state index in [9.17, 15) is 8.42 Å². The van der Waals surface area contributed by atoms with Crippen LogP contribution in [0.2, 0.25) is 0 Å². The van der Waals surface area contributed by atoms with Gasteiger partial charge in [0, 0.05) is 13.1 Å². The SMILES string of the molecule is CNS(=O)(=O)c1cccc2c1CCN(c1nnnn1C(C)C)C2. The summed E-state index contributed by atoms with van der Waals surface area (Å²) in [4.78, 5) is 2.44. The van der Waals surface area contributed by atoms with Gasteiger partial charge in [-0.05, 0) is 54.9 Å². The molecule has 1 aliphatic heterocycles. The van der Waals surface area contributed by atoms with Crippen molar-refractivity contribution in [2.24, 2.45) is 0 Å². The Kier molecular flexibility index (Phi) is 4.07. The minimum Gasteiger partial charge on any atom is -0.335 e. The summed E-state index contributed by atoms with van der Waals surface area (Å²) in [6.07, 6.45) is 0.636. The summed E-state index contributed by atoms with van der Waals surface area (Å²) < 4.78 is 28.5. The molecule has 8 nitrogen and oxygen atoms in total. The fraction of sp³-hybridized carbons (Fsp3) is 0.500. The van der Waals surface area contributed by atoms with E-state index in [1.807, 2.05) is 19.9 Å². The molecule has 0 radical (unpaired) electrons. The molecule has 0 amide bonds. The molecule has 23 heavy (non-hydrogen) atoms. The zero-order chi connectivity index (χ0) is 16.6. The van der Waals surface area contributed by atoms with Crippen LogP contribution in [0.1, 0.15) is 31.0 Å². The summed E-state index contributed by atoms with van der Waals surface area (Å²) in [6, 6.07) is 5.55. The van der Waals surface area contributed by atoms with Crippen molar-refractivity contribution in [2.75, 3.05) is 18.5 Å². The second-order valence-corrected chi connectivity index (χ2v) is 7.65. The molecule has 0 saturated heterocycles. The number of benzene rings is 1. The third-order valence-corrected chi connectivity index (χ3v) is 5.53. The quantitative estimate of drug-likeness (QED) is 0.884. The van der Waals surface area contributed by atoms with Gasteiger partial charge in [-0.2, -0.15) is 0 Å². The van der Waals surface area contributed by atoms with Crippen molar-refractivity contribution in [1.29, 1.82) is 0 Å². The molecule has 0 saturated carbocycles. The maximum Gasteiger partial charge on any atom is 0.246 e. The van der Waals surface area contributed by atoms with Crippen molar-refractivity contribution in [3.63, 3.8) is 0 Å². The Morgan fingerprint density at radius 1 is 1.30 bits per heavy atom. The number of fused-ring (bicyclic) bond motifs is 1. The lowest BCUT2D eigenvalue weighted by Crippen LogP contribution is -2.34. The van der Waals surface area contributed by atoms with Crippen LogP contribution in [0.5, 0.6) is 0 Å². The Bertz CT molecular complexity index is 814. The molecule has 0 fully saturated rings. The highest BCUT2D eigenvalue weighted by Gasteiger charge is 2.26. The maximum absolute atomic E-state index is 12.2. The summed E-state index contributed by atoms with van der Waals surface area (Å²) in [5.74, 6) is 0.715. The van der Waals surface area contributed by atoms with E-state index in [1.165, 1.54) is 7.05 Å². The van der Waals surface area contributed by atoms with Crippen LogP contribution in [0.15, 0.2) is 23.1 Å². The van der Waals surface area contributed by atoms with Crippen molar-refractivity contribution in [1.82, 2.24) is 24.9 Å². The normalized spacial score (nSPS) is 15.0. The van der Waals surface area contributed by atoms with Gasteiger partial charge in [-0.1, -0.05) is 17.2 Å². The van der Waals surface area contributed by atoms with Gasteiger partial charge in [0.05, 0.1) is 10.9 Å². The molecule has 1 aromatic carbocycles. The molecule has 1 N–H and O–H groups in total. The molecule has 0 aliphatic carbocycles. The third kappa shape index (κ3) is 2.81. The van der Waals surface area contributed by atoms with Gasteiger partial charge in [-0.15, -0.1) is 0 Å². The van der Waals surface area contributed by atoms with Crippen LogP contribution in [0.4, 0.5) is 5.95 Å². The Labute approximate surface area is 135 Å². The van der Waals surface area contributed by atoms with E-state index in [1.54, 1.807) is 16.8 Å². The molecule has 0 spiro atoms. The number of aromatic nitrogens is 4. The number of anilines is 1. The van der Waals surface area contributed by atoms with Gasteiger partial charge in [-0.25, -0.2) is 17.8 Å². The van der Waals surface area contributed by atoms with Gasteiger partial charge in [-0.3, -0.25) is 0 Å². The second kappa shape index (κ2) is 5.89. The smallest absolute Gasteiger partial charge is 0.246 e. The number of hydrogen-bond acceptors (Lipinski definition) is 6. The Morgan fingerprint density at radius 3 is 2.78 bits per heavy atom. The second-order valence-electron chi connectivity index (χ2n) is 5.79. The summed E-state index contributed by atoms with van der Waals surface area (Å²) in [7, 11) is -2.02. The van der Waals surface area contributed by atoms with E-state index in [-0.39, 0.29) is 6.04 Å². The van der Waals surface area contributed by atoms with Crippen molar-refractivity contribution >= 4 is 16.0 Å². The molecule has 1 aromatic heterocycles. The molecule has 1 aliphatic rings. The Balaban J connectivity index is 1.96. The van der Waals surface area contributed by atoms with Gasteiger partial charge >= 0.3 is 0 Å². The zero-order valence-electron chi connectivity index (χ0n) is 13.4. The lowest BCUT2D eigenvalue weighted by molar-refractivity contribution is 0.504. The minimum absolute atomic E-state index is 0.164. The largest absolute Gasteiger partial charge is 0.335 e. The van der Waals surface area contributed by atoms with Crippen LogP contribution in [0.25, 0.3) is 0 Å². The van der Waals surface area contributed by atoms with Gasteiger partial charge in [0.1, 0.15) is 0 Å². The first-order chi connectivity index (χ1) is 10.9. The molecule has 0 unspecified atom stereocenters. The molecule has 0 bridgehead atoms. The predicted octanol–water partition coefficient (Wildman–Crippen LogP) is 0.725. The van der Waals surface area contributed by atoms with E-state index in [0.717, 1.165) is 11.1 Å². The van der Waals surface area contributed by atoms with Crippen molar-refractivity contribution in [3.05, 3.63) is 29.3 Å². The van der Waals surface area contributed by atoms with Gasteiger partial charge in [0.15, 0.2) is 0 Å². The van der Waals surface area contributed by atoms with Crippen LogP contribution < -0.4 is 9.62 Å². The molecular formula is C14H20N6O2S. The van der Waals surface area contributed by atoms with Crippen molar-refractivity contribution in [2.45, 2.75) is 37.8 Å². The first kappa shape index (κ1) is 15.9. The molecule has 3 rings (SSSR count). The fourth-order valence-corrected chi connectivity index (χ4v) is 3.87. The van der Waals surface area contributed by atoms with Crippen molar-refractivity contribution in [3.8, 4) is 0 Å². The van der Waals surface area contributed by atoms with E-state index >= 15 is 0 Å². The lowest BCUT2D eigenvalue weighted by atomic mass is 10.00. The van der Waals surface area contributed by atoms with Crippen molar-refractivity contribution < 1.29 is 8.42 Å². The summed E-state index contributed by atoms with van der Waals surface area (Å²) in [5.41, 5.74) is 1.87. The molecule has 124 valence electrons. The number of sulfonamides is 1. The van der Waals surface area contributed by atoms with Gasteiger partial charge in [0.25, 0.3) is 0 Å². The molecule has 9 heteroatoms. The van der Waals surface area contributed by atoms with E-state index in [4.69, 9.17) is 0 Å². The Morgan fingerprint density at radius 2 is 2.09 bits per heavy atom. The number of tetrazole rings is 1. The monoisotopic (exact) mass is 336 g/mol. The number of rotatable bonds is 4. The number of hydrogen-bond donors (Lipinski definition) is 1. The van der Waals surface area contributed by atoms with Gasteiger partial charge < -0.3 is 4.90 Å². The Hall–Kier alpha value is -2.00. The summed E-state index contributed by atoms with van der Waals surface area (Å²) >= 11 is 0. The minimum atomic E-state index is -3.45. The lowest BCUT2D eigenvalue weighted by Gasteiger charge is -2.30. The van der Waals surface area contributed by atoms with E-state index in [2.05, 4.69) is 25.1 Å². The standard InChI is InChI=1S/C14H20N6O2S/c1-10(2)20-14(16-17-18-20)19-8-7-12-11(9-19)5-4-6-13(12)23(21,22)15-3/h4-6,10,15H,7-9H2,1-3H3. The summed E-state index contributed by atoms with van der Waals surface area (Å²) in [6.45, 7) is 5.32. The third-order valence-electron chi connectivity index (χ3n) is 4.03. The molecule has 0 atom stereocenters. The molecular weight excluding hydrogens is 316 g/mol. The van der Waals surface area contributed by atoms with Crippen LogP contribution in [0.3, 0.4) is 0 Å². The van der Waals surface area contributed by atoms with Crippen LogP contribution in [-0.4, -0.2) is 42.2 Å². The highest BCUT2D eigenvalue weighted by atomic mass is 32.2. The zero-order valence-corrected chi connectivity index (χ0v) is 14.2. The van der Waals surface area contributed by atoms with Crippen LogP contribution in [-0.2, 0) is 23.0 Å². The number of nitrogens with zero attached hydrogens (tertiary/aromatic N) is 5. The highest BCUT2D eigenvalue weighted by molar-refractivity contribution is 7.89.